The lowest BCUT2D eigenvalue weighted by molar-refractivity contribution is -0.158. The van der Waals surface area contributed by atoms with E-state index in [9.17, 15) is 9.59 Å². The molecular weight excluding hydrogens is 380 g/mol. The fourth-order valence-corrected chi connectivity index (χ4v) is 5.49. The van der Waals surface area contributed by atoms with Gasteiger partial charge in [0.1, 0.15) is 13.2 Å². The van der Waals surface area contributed by atoms with Crippen molar-refractivity contribution in [3.8, 4) is 0 Å². The minimum absolute atomic E-state index is 0.00394. The van der Waals surface area contributed by atoms with Crippen LogP contribution in [-0.2, 0) is 19.1 Å². The summed E-state index contributed by atoms with van der Waals surface area (Å²) in [6.45, 7) is 17.5. The summed E-state index contributed by atoms with van der Waals surface area (Å²) < 4.78 is 11.0. The molecule has 0 aliphatic carbocycles. The topological polar surface area (TPSA) is 76.7 Å². The second-order valence-electron chi connectivity index (χ2n) is 12.0. The van der Waals surface area contributed by atoms with Gasteiger partial charge in [0, 0.05) is 22.2 Å². The van der Waals surface area contributed by atoms with Gasteiger partial charge in [0.25, 0.3) is 0 Å². The maximum atomic E-state index is 12.6. The molecule has 0 saturated carbocycles. The number of hydrogen-bond acceptors (Lipinski definition) is 6. The Bertz CT molecular complexity index is 571. The van der Waals surface area contributed by atoms with E-state index in [1.165, 1.54) is 0 Å². The van der Waals surface area contributed by atoms with E-state index in [1.807, 2.05) is 0 Å². The van der Waals surface area contributed by atoms with Crippen LogP contribution in [0.4, 0.5) is 0 Å². The molecule has 2 unspecified atom stereocenters. The van der Waals surface area contributed by atoms with Gasteiger partial charge in [0.05, 0.1) is 11.8 Å². The Hall–Kier alpha value is -1.14. The summed E-state index contributed by atoms with van der Waals surface area (Å²) in [4.78, 5) is 25.2. The lowest BCUT2D eigenvalue weighted by Gasteiger charge is -2.34. The van der Waals surface area contributed by atoms with Crippen LogP contribution in [-0.4, -0.2) is 47.3 Å². The molecule has 2 N–H and O–H groups in total. The molecule has 0 aromatic carbocycles. The maximum absolute atomic E-state index is 12.6. The Morgan fingerprint density at radius 1 is 0.667 bits per heavy atom. The maximum Gasteiger partial charge on any atom is 0.309 e. The van der Waals surface area contributed by atoms with Crippen molar-refractivity contribution >= 4 is 11.9 Å². The Morgan fingerprint density at radius 2 is 1.00 bits per heavy atom. The van der Waals surface area contributed by atoms with E-state index in [2.05, 4.69) is 66.0 Å². The highest BCUT2D eigenvalue weighted by molar-refractivity contribution is 5.73. The third kappa shape index (κ3) is 7.84. The van der Waals surface area contributed by atoms with Gasteiger partial charge in [-0.3, -0.25) is 9.59 Å². The molecule has 174 valence electrons. The highest BCUT2D eigenvalue weighted by Gasteiger charge is 2.38. The van der Waals surface area contributed by atoms with Crippen LogP contribution >= 0.6 is 0 Å². The molecule has 6 heteroatoms. The Morgan fingerprint density at radius 3 is 1.33 bits per heavy atom. The van der Waals surface area contributed by atoms with Gasteiger partial charge in [0.2, 0.25) is 0 Å². The quantitative estimate of drug-likeness (QED) is 0.514. The molecular formula is C24H44N2O4. The number of carbonyl (C=O) groups excluding carboxylic acids is 2. The molecule has 0 spiro atoms. The van der Waals surface area contributed by atoms with Crippen LogP contribution in [0, 0.1) is 11.8 Å². The van der Waals surface area contributed by atoms with Crippen LogP contribution in [0.25, 0.3) is 0 Å². The SMILES string of the molecule is CC1(C)CCC(C(=O)OCCOC(=O)C2CCC(C)(C)NC(C)(C)C2)CC(C)(C)N1. The average Bonchev–Trinajstić information content (AvgIpc) is 2.75. The van der Waals surface area contributed by atoms with Gasteiger partial charge in [-0.1, -0.05) is 0 Å². The molecule has 2 aliphatic rings. The van der Waals surface area contributed by atoms with Crippen molar-refractivity contribution in [2.24, 2.45) is 11.8 Å². The molecule has 2 aliphatic heterocycles. The average molecular weight is 425 g/mol. The van der Waals surface area contributed by atoms with Crippen molar-refractivity contribution in [3.05, 3.63) is 0 Å². The normalized spacial score (nSPS) is 29.9. The Balaban J connectivity index is 1.79. The van der Waals surface area contributed by atoms with Gasteiger partial charge in [-0.05, 0) is 93.9 Å². The van der Waals surface area contributed by atoms with Crippen LogP contribution < -0.4 is 10.6 Å². The number of hydrogen-bond donors (Lipinski definition) is 2. The van der Waals surface area contributed by atoms with E-state index in [0.29, 0.717) is 0 Å². The van der Waals surface area contributed by atoms with Gasteiger partial charge >= 0.3 is 11.9 Å². The first-order chi connectivity index (χ1) is 13.6. The highest BCUT2D eigenvalue weighted by Crippen LogP contribution is 2.33. The van der Waals surface area contributed by atoms with Gasteiger partial charge < -0.3 is 20.1 Å². The molecule has 6 nitrogen and oxygen atoms in total. The van der Waals surface area contributed by atoms with Crippen molar-refractivity contribution in [3.63, 3.8) is 0 Å². The lowest BCUT2D eigenvalue weighted by atomic mass is 9.89. The van der Waals surface area contributed by atoms with Crippen molar-refractivity contribution in [1.82, 2.24) is 10.6 Å². The molecule has 2 atom stereocenters. The van der Waals surface area contributed by atoms with Crippen LogP contribution in [0.1, 0.15) is 93.9 Å². The van der Waals surface area contributed by atoms with Crippen molar-refractivity contribution in [2.45, 2.75) is 116 Å². The minimum Gasteiger partial charge on any atom is -0.462 e. The van der Waals surface area contributed by atoms with Gasteiger partial charge in [-0.2, -0.15) is 0 Å². The van der Waals surface area contributed by atoms with Crippen LogP contribution in [0.5, 0.6) is 0 Å². The minimum atomic E-state index is -0.180. The predicted octanol–water partition coefficient (Wildman–Crippen LogP) is 3.97. The number of nitrogens with one attached hydrogen (secondary N) is 2. The van der Waals surface area contributed by atoms with E-state index in [0.717, 1.165) is 38.5 Å². The Kier molecular flexibility index (Phi) is 7.67. The smallest absolute Gasteiger partial charge is 0.309 e. The fraction of sp³-hybridized carbons (Fsp3) is 0.917. The van der Waals surface area contributed by atoms with Crippen LogP contribution in [0.3, 0.4) is 0 Å². The van der Waals surface area contributed by atoms with Crippen molar-refractivity contribution in [2.75, 3.05) is 13.2 Å². The molecule has 2 rings (SSSR count). The third-order valence-electron chi connectivity index (χ3n) is 6.34. The Labute approximate surface area is 183 Å². The molecule has 2 fully saturated rings. The monoisotopic (exact) mass is 424 g/mol. The molecule has 30 heavy (non-hydrogen) atoms. The summed E-state index contributed by atoms with van der Waals surface area (Å²) >= 11 is 0. The highest BCUT2D eigenvalue weighted by atomic mass is 16.6. The molecule has 0 bridgehead atoms. The number of ether oxygens (including phenoxy) is 2. The second-order valence-corrected chi connectivity index (χ2v) is 12.0. The molecule has 0 radical (unpaired) electrons. The second kappa shape index (κ2) is 9.15. The fourth-order valence-electron chi connectivity index (χ4n) is 5.49. The summed E-state index contributed by atoms with van der Waals surface area (Å²) in [5.74, 6) is -0.609. The molecule has 2 heterocycles. The summed E-state index contributed by atoms with van der Waals surface area (Å²) in [5.41, 5.74) is -0.234. The van der Waals surface area contributed by atoms with E-state index >= 15 is 0 Å². The van der Waals surface area contributed by atoms with Crippen LogP contribution in [0.2, 0.25) is 0 Å². The van der Waals surface area contributed by atoms with E-state index in [1.54, 1.807) is 0 Å². The largest absolute Gasteiger partial charge is 0.462 e. The predicted molar refractivity (Wildman–Crippen MR) is 119 cm³/mol. The van der Waals surface area contributed by atoms with E-state index < -0.39 is 0 Å². The van der Waals surface area contributed by atoms with Crippen LogP contribution in [0.15, 0.2) is 0 Å². The van der Waals surface area contributed by atoms with E-state index in [4.69, 9.17) is 9.47 Å². The first kappa shape index (κ1) is 25.1. The number of esters is 2. The molecule has 2 saturated heterocycles. The number of rotatable bonds is 5. The number of carbonyl (C=O) groups is 2. The zero-order chi connectivity index (χ0) is 22.8. The summed E-state index contributed by atoms with van der Waals surface area (Å²) in [6, 6.07) is 0. The first-order valence-corrected chi connectivity index (χ1v) is 11.5. The summed E-state index contributed by atoms with van der Waals surface area (Å²) in [7, 11) is 0. The zero-order valence-electron chi connectivity index (χ0n) is 20.4. The van der Waals surface area contributed by atoms with Crippen molar-refractivity contribution in [1.29, 1.82) is 0 Å². The zero-order valence-corrected chi connectivity index (χ0v) is 20.4. The first-order valence-electron chi connectivity index (χ1n) is 11.5. The molecule has 0 aromatic rings. The summed E-state index contributed by atoms with van der Waals surface area (Å²) in [6.07, 6.45) is 4.95. The summed E-state index contributed by atoms with van der Waals surface area (Å²) in [5, 5.41) is 7.27. The van der Waals surface area contributed by atoms with Crippen molar-refractivity contribution < 1.29 is 19.1 Å². The van der Waals surface area contributed by atoms with E-state index in [-0.39, 0.29) is 59.1 Å². The van der Waals surface area contributed by atoms with Gasteiger partial charge in [0.15, 0.2) is 0 Å². The van der Waals surface area contributed by atoms with Gasteiger partial charge in [-0.25, -0.2) is 0 Å². The standard InChI is InChI=1S/C24H44N2O4/c1-21(2)11-9-17(15-23(5,6)25-21)19(27)29-13-14-30-20(28)18-10-12-22(3,4)26-24(7,8)16-18/h17-18,25-26H,9-16H2,1-8H3. The third-order valence-corrected chi connectivity index (χ3v) is 6.34. The van der Waals surface area contributed by atoms with Gasteiger partial charge in [-0.15, -0.1) is 0 Å². The lowest BCUT2D eigenvalue weighted by Crippen LogP contribution is -2.50. The molecule has 0 amide bonds. The molecule has 0 aromatic heterocycles.